The number of Topliss-reactive ketones (excluding diaryl/α,β-unsaturated/α-hetero) is 1. The second-order valence-corrected chi connectivity index (χ2v) is 5.98. The van der Waals surface area contributed by atoms with E-state index in [4.69, 9.17) is 0 Å². The van der Waals surface area contributed by atoms with Crippen molar-refractivity contribution in [1.82, 2.24) is 0 Å². The molecular formula is C8H10O3S2. The van der Waals surface area contributed by atoms with E-state index in [1.54, 1.807) is 18.4 Å². The van der Waals surface area contributed by atoms with Gasteiger partial charge in [-0.15, -0.1) is 11.3 Å². The zero-order chi connectivity index (χ0) is 10.1. The molecule has 0 spiro atoms. The predicted octanol–water partition coefficient (Wildman–Crippen LogP) is 1.28. The highest BCUT2D eigenvalue weighted by molar-refractivity contribution is 7.91. The molecule has 0 aliphatic carbocycles. The second kappa shape index (κ2) is 3.59. The third-order valence-electron chi connectivity index (χ3n) is 1.51. The van der Waals surface area contributed by atoms with Crippen LogP contribution in [-0.4, -0.2) is 26.2 Å². The van der Waals surface area contributed by atoms with Gasteiger partial charge in [-0.05, 0) is 23.9 Å². The van der Waals surface area contributed by atoms with Gasteiger partial charge in [0.2, 0.25) is 0 Å². The Morgan fingerprint density at radius 1 is 1.54 bits per heavy atom. The van der Waals surface area contributed by atoms with Gasteiger partial charge in [0.05, 0.1) is 4.88 Å². The molecule has 5 heteroatoms. The number of hydrogen-bond donors (Lipinski definition) is 0. The highest BCUT2D eigenvalue weighted by Crippen LogP contribution is 2.16. The molecule has 0 atom stereocenters. The minimum absolute atomic E-state index is 0.310. The summed E-state index contributed by atoms with van der Waals surface area (Å²) < 4.78 is 21.7. The lowest BCUT2D eigenvalue weighted by Crippen LogP contribution is -2.14. The first-order valence-electron chi connectivity index (χ1n) is 3.65. The van der Waals surface area contributed by atoms with Gasteiger partial charge in [-0.25, -0.2) is 8.42 Å². The van der Waals surface area contributed by atoms with Crippen molar-refractivity contribution in [2.24, 2.45) is 0 Å². The summed E-state index contributed by atoms with van der Waals surface area (Å²) in [7, 11) is -3.21. The molecule has 0 amide bonds. The molecule has 0 fully saturated rings. The molecule has 1 aromatic heterocycles. The number of carbonyl (C=O) groups is 1. The number of carbonyl (C=O) groups excluding carboxylic acids is 1. The number of thiophene rings is 1. The minimum Gasteiger partial charge on any atom is -0.292 e. The van der Waals surface area contributed by atoms with Gasteiger partial charge in [-0.1, -0.05) is 0 Å². The van der Waals surface area contributed by atoms with Crippen molar-refractivity contribution in [2.75, 3.05) is 12.0 Å². The van der Waals surface area contributed by atoms with E-state index in [2.05, 4.69) is 0 Å². The number of ketones is 1. The Kier molecular flexibility index (Phi) is 2.87. The first-order chi connectivity index (χ1) is 5.90. The molecule has 0 saturated heterocycles. The molecule has 0 N–H and O–H groups in total. The molecule has 0 bridgehead atoms. The van der Waals surface area contributed by atoms with E-state index < -0.39 is 15.6 Å². The molecule has 0 aromatic carbocycles. The Labute approximate surface area is 81.3 Å². The van der Waals surface area contributed by atoms with Crippen LogP contribution in [0.2, 0.25) is 0 Å². The zero-order valence-corrected chi connectivity index (χ0v) is 9.04. The Morgan fingerprint density at radius 2 is 2.15 bits per heavy atom. The first-order valence-corrected chi connectivity index (χ1v) is 6.59. The summed E-state index contributed by atoms with van der Waals surface area (Å²) in [6, 6.07) is 1.81. The van der Waals surface area contributed by atoms with Crippen LogP contribution >= 0.6 is 11.3 Å². The number of sulfone groups is 1. The Balaban J connectivity index is 2.88. The van der Waals surface area contributed by atoms with Crippen molar-refractivity contribution in [2.45, 2.75) is 6.92 Å². The molecule has 0 aliphatic heterocycles. The third-order valence-corrected chi connectivity index (χ3v) is 3.35. The SMILES string of the molecule is Cc1ccsc1C(=O)CS(C)(=O)=O. The van der Waals surface area contributed by atoms with Gasteiger partial charge in [-0.3, -0.25) is 4.79 Å². The molecule has 72 valence electrons. The summed E-state index contributed by atoms with van der Waals surface area (Å²) in [4.78, 5) is 11.9. The van der Waals surface area contributed by atoms with Crippen molar-refractivity contribution in [3.8, 4) is 0 Å². The average molecular weight is 218 g/mol. The monoisotopic (exact) mass is 218 g/mol. The summed E-state index contributed by atoms with van der Waals surface area (Å²) in [5, 5.41) is 1.78. The van der Waals surface area contributed by atoms with Gasteiger partial charge in [0.15, 0.2) is 15.6 Å². The maximum atomic E-state index is 11.4. The van der Waals surface area contributed by atoms with Gasteiger partial charge in [0.1, 0.15) is 5.75 Å². The lowest BCUT2D eigenvalue weighted by molar-refractivity contribution is 0.102. The normalized spacial score (nSPS) is 11.5. The van der Waals surface area contributed by atoms with Crippen LogP contribution in [0.1, 0.15) is 15.2 Å². The minimum atomic E-state index is -3.21. The number of rotatable bonds is 3. The van der Waals surface area contributed by atoms with Crippen LogP contribution in [0, 0.1) is 6.92 Å². The van der Waals surface area contributed by atoms with Crippen LogP contribution in [0.5, 0.6) is 0 Å². The highest BCUT2D eigenvalue weighted by atomic mass is 32.2. The van der Waals surface area contributed by atoms with E-state index in [0.29, 0.717) is 4.88 Å². The zero-order valence-electron chi connectivity index (χ0n) is 7.40. The van der Waals surface area contributed by atoms with Crippen LogP contribution in [0.25, 0.3) is 0 Å². The highest BCUT2D eigenvalue weighted by Gasteiger charge is 2.15. The number of hydrogen-bond acceptors (Lipinski definition) is 4. The van der Waals surface area contributed by atoms with Gasteiger partial charge in [0, 0.05) is 6.26 Å². The van der Waals surface area contributed by atoms with E-state index in [0.717, 1.165) is 11.8 Å². The van der Waals surface area contributed by atoms with Crippen LogP contribution in [0.3, 0.4) is 0 Å². The first kappa shape index (κ1) is 10.4. The maximum Gasteiger partial charge on any atom is 0.188 e. The Hall–Kier alpha value is -0.680. The van der Waals surface area contributed by atoms with E-state index >= 15 is 0 Å². The fourth-order valence-corrected chi connectivity index (χ4v) is 2.54. The van der Waals surface area contributed by atoms with Crippen molar-refractivity contribution in [3.63, 3.8) is 0 Å². The third kappa shape index (κ3) is 2.93. The quantitative estimate of drug-likeness (QED) is 0.718. The van der Waals surface area contributed by atoms with E-state index in [1.807, 2.05) is 0 Å². The number of aryl methyl sites for hydroxylation is 1. The van der Waals surface area contributed by atoms with Gasteiger partial charge >= 0.3 is 0 Å². The fourth-order valence-electron chi connectivity index (χ4n) is 0.962. The largest absolute Gasteiger partial charge is 0.292 e. The topological polar surface area (TPSA) is 51.2 Å². The second-order valence-electron chi connectivity index (χ2n) is 2.93. The predicted molar refractivity (Wildman–Crippen MR) is 53.1 cm³/mol. The molecule has 0 radical (unpaired) electrons. The molecular weight excluding hydrogens is 208 g/mol. The molecule has 0 unspecified atom stereocenters. The summed E-state index contributed by atoms with van der Waals surface area (Å²) in [6.07, 6.45) is 1.06. The summed E-state index contributed by atoms with van der Waals surface area (Å²) in [5.41, 5.74) is 0.846. The van der Waals surface area contributed by atoms with Crippen molar-refractivity contribution in [1.29, 1.82) is 0 Å². The molecule has 0 saturated carbocycles. The Bertz CT molecular complexity index is 414. The molecule has 0 aliphatic rings. The van der Waals surface area contributed by atoms with Crippen LogP contribution in [0.4, 0.5) is 0 Å². The van der Waals surface area contributed by atoms with E-state index in [-0.39, 0.29) is 5.78 Å². The fraction of sp³-hybridized carbons (Fsp3) is 0.375. The lowest BCUT2D eigenvalue weighted by Gasteiger charge is -1.96. The van der Waals surface area contributed by atoms with Gasteiger partial charge in [-0.2, -0.15) is 0 Å². The molecule has 1 rings (SSSR count). The van der Waals surface area contributed by atoms with E-state index in [1.165, 1.54) is 11.3 Å². The van der Waals surface area contributed by atoms with Crippen molar-refractivity contribution >= 4 is 27.0 Å². The van der Waals surface area contributed by atoms with Crippen LogP contribution in [-0.2, 0) is 9.84 Å². The van der Waals surface area contributed by atoms with Crippen molar-refractivity contribution < 1.29 is 13.2 Å². The van der Waals surface area contributed by atoms with Crippen LogP contribution < -0.4 is 0 Å². The lowest BCUT2D eigenvalue weighted by atomic mass is 10.2. The van der Waals surface area contributed by atoms with Crippen LogP contribution in [0.15, 0.2) is 11.4 Å². The summed E-state index contributed by atoms with van der Waals surface area (Å²) >= 11 is 1.28. The van der Waals surface area contributed by atoms with Gasteiger partial charge < -0.3 is 0 Å². The molecule has 13 heavy (non-hydrogen) atoms. The maximum absolute atomic E-state index is 11.4. The summed E-state index contributed by atoms with van der Waals surface area (Å²) in [5.74, 6) is -0.705. The summed E-state index contributed by atoms with van der Waals surface area (Å²) in [6.45, 7) is 1.80. The van der Waals surface area contributed by atoms with E-state index in [9.17, 15) is 13.2 Å². The standard InChI is InChI=1S/C8H10O3S2/c1-6-3-4-12-8(6)7(9)5-13(2,10)11/h3-4H,5H2,1-2H3. The van der Waals surface area contributed by atoms with Gasteiger partial charge in [0.25, 0.3) is 0 Å². The molecule has 1 heterocycles. The molecule has 1 aromatic rings. The molecule has 3 nitrogen and oxygen atoms in total. The Morgan fingerprint density at radius 3 is 2.54 bits per heavy atom. The average Bonchev–Trinajstić information content (AvgIpc) is 2.30. The smallest absolute Gasteiger partial charge is 0.188 e. The van der Waals surface area contributed by atoms with Crippen molar-refractivity contribution in [3.05, 3.63) is 21.9 Å².